The van der Waals surface area contributed by atoms with Gasteiger partial charge in [-0.2, -0.15) is 0 Å². The second-order valence-corrected chi connectivity index (χ2v) is 8.79. The maximum absolute atomic E-state index is 12.8. The highest BCUT2D eigenvalue weighted by molar-refractivity contribution is 5.94. The van der Waals surface area contributed by atoms with Crippen molar-refractivity contribution in [3.8, 4) is 11.3 Å². The molecule has 1 N–H and O–H groups in total. The van der Waals surface area contributed by atoms with Crippen molar-refractivity contribution < 1.29 is 13.6 Å². The molecule has 5 nitrogen and oxygen atoms in total. The Labute approximate surface area is 175 Å². The summed E-state index contributed by atoms with van der Waals surface area (Å²) in [5, 5.41) is 4.99. The monoisotopic (exact) mass is 407 g/mol. The van der Waals surface area contributed by atoms with E-state index in [1.165, 1.54) is 0 Å². The fourth-order valence-electron chi connectivity index (χ4n) is 4.92. The van der Waals surface area contributed by atoms with Gasteiger partial charge in [0.1, 0.15) is 5.82 Å². The van der Waals surface area contributed by atoms with Gasteiger partial charge >= 0.3 is 0 Å². The molecule has 0 bridgehead atoms. The van der Waals surface area contributed by atoms with Crippen LogP contribution in [0.5, 0.6) is 0 Å². The van der Waals surface area contributed by atoms with Crippen LogP contribution in [-0.4, -0.2) is 22.5 Å². The largest absolute Gasteiger partial charge is 0.441 e. The number of hydrogen-bond donors (Lipinski definition) is 1. The molecule has 0 aliphatic heterocycles. The number of halogens is 1. The van der Waals surface area contributed by atoms with Gasteiger partial charge in [0.05, 0.1) is 12.9 Å². The van der Waals surface area contributed by atoms with Gasteiger partial charge in [0.25, 0.3) is 0 Å². The summed E-state index contributed by atoms with van der Waals surface area (Å²) in [6, 6.07) is 7.90. The summed E-state index contributed by atoms with van der Waals surface area (Å²) in [5.74, 6) is 3.43. The molecule has 156 valence electrons. The highest BCUT2D eigenvalue weighted by Crippen LogP contribution is 2.50. The van der Waals surface area contributed by atoms with E-state index >= 15 is 0 Å². The number of hydrogen-bond acceptors (Lipinski definition) is 4. The molecule has 30 heavy (non-hydrogen) atoms. The summed E-state index contributed by atoms with van der Waals surface area (Å²) in [6.07, 6.45) is 8.36. The van der Waals surface area contributed by atoms with Gasteiger partial charge in [0, 0.05) is 30.0 Å². The Morgan fingerprint density at radius 3 is 2.67 bits per heavy atom. The van der Waals surface area contributed by atoms with E-state index in [2.05, 4.69) is 15.3 Å². The number of oxazole rings is 1. The van der Waals surface area contributed by atoms with Crippen molar-refractivity contribution in [1.29, 1.82) is 0 Å². The highest BCUT2D eigenvalue weighted by Gasteiger charge is 2.44. The maximum atomic E-state index is 12.8. The average molecular weight is 407 g/mol. The fraction of sp³-hybridized carbons (Fsp3) is 0.458. The fourth-order valence-corrected chi connectivity index (χ4v) is 4.92. The standard InChI is InChI=1S/C24H26FN3O2/c1-14-26-13-22(30-14)17-6-7-18-12-27-23(10-19(18)8-17)28-24(29)16-4-2-15(3-5-16)21-9-20(21)11-25/h6-8,10,12-13,15-16,20-21H,2-5,9,11H2,1H3,(H,27,28,29)/t15?,16?,20-,21?/m1/s1. The molecule has 2 fully saturated rings. The number of pyridine rings is 1. The lowest BCUT2D eigenvalue weighted by Gasteiger charge is -2.28. The van der Waals surface area contributed by atoms with Gasteiger partial charge in [-0.25, -0.2) is 9.97 Å². The molecule has 2 atom stereocenters. The number of aromatic nitrogens is 2. The van der Waals surface area contributed by atoms with Crippen LogP contribution in [0, 0.1) is 30.6 Å². The van der Waals surface area contributed by atoms with E-state index in [0.717, 1.165) is 54.2 Å². The lowest BCUT2D eigenvalue weighted by Crippen LogP contribution is -2.28. The molecule has 2 aliphatic rings. The molecule has 2 saturated carbocycles. The van der Waals surface area contributed by atoms with Gasteiger partial charge in [-0.1, -0.05) is 12.1 Å². The molecular weight excluding hydrogens is 381 g/mol. The van der Waals surface area contributed by atoms with Crippen molar-refractivity contribution >= 4 is 22.5 Å². The Balaban J connectivity index is 1.25. The van der Waals surface area contributed by atoms with Gasteiger partial charge in [0.2, 0.25) is 5.91 Å². The smallest absolute Gasteiger partial charge is 0.228 e. The van der Waals surface area contributed by atoms with Crippen molar-refractivity contribution in [3.63, 3.8) is 0 Å². The van der Waals surface area contributed by atoms with Crippen LogP contribution in [-0.2, 0) is 4.79 Å². The van der Waals surface area contributed by atoms with E-state index in [9.17, 15) is 9.18 Å². The summed E-state index contributed by atoms with van der Waals surface area (Å²) in [6.45, 7) is 1.63. The maximum Gasteiger partial charge on any atom is 0.228 e. The van der Waals surface area contributed by atoms with E-state index in [1.807, 2.05) is 31.2 Å². The minimum Gasteiger partial charge on any atom is -0.441 e. The third kappa shape index (κ3) is 3.83. The number of nitrogens with one attached hydrogen (secondary N) is 1. The molecule has 2 heterocycles. The van der Waals surface area contributed by atoms with Crippen molar-refractivity contribution in [1.82, 2.24) is 9.97 Å². The first-order valence-electron chi connectivity index (χ1n) is 10.8. The zero-order chi connectivity index (χ0) is 20.7. The van der Waals surface area contributed by atoms with Crippen LogP contribution in [0.2, 0.25) is 0 Å². The number of benzene rings is 1. The predicted octanol–water partition coefficient (Wildman–Crippen LogP) is 5.55. The first kappa shape index (κ1) is 19.2. The molecule has 1 aromatic carbocycles. The molecule has 0 spiro atoms. The second kappa shape index (κ2) is 7.82. The second-order valence-electron chi connectivity index (χ2n) is 8.79. The number of amides is 1. The van der Waals surface area contributed by atoms with Crippen molar-refractivity contribution in [2.75, 3.05) is 12.0 Å². The lowest BCUT2D eigenvalue weighted by molar-refractivity contribution is -0.121. The molecule has 2 aliphatic carbocycles. The number of nitrogens with zero attached hydrogens (tertiary/aromatic N) is 2. The SMILES string of the molecule is Cc1ncc(-c2ccc3cnc(NC(=O)C4CCC(C5C[C@@H]5CF)CC4)cc3c2)o1. The molecule has 6 heteroatoms. The molecule has 1 unspecified atom stereocenters. The number of anilines is 1. The van der Waals surface area contributed by atoms with Gasteiger partial charge in [0.15, 0.2) is 11.7 Å². The third-order valence-electron chi connectivity index (χ3n) is 6.80. The topological polar surface area (TPSA) is 68.0 Å². The highest BCUT2D eigenvalue weighted by atomic mass is 19.1. The number of rotatable bonds is 5. The van der Waals surface area contributed by atoms with Gasteiger partial charge < -0.3 is 9.73 Å². The predicted molar refractivity (Wildman–Crippen MR) is 114 cm³/mol. The van der Waals surface area contributed by atoms with E-state index in [4.69, 9.17) is 4.42 Å². The van der Waals surface area contributed by atoms with Crippen LogP contribution in [0.1, 0.15) is 38.0 Å². The van der Waals surface area contributed by atoms with Crippen molar-refractivity contribution in [3.05, 3.63) is 42.5 Å². The van der Waals surface area contributed by atoms with Crippen LogP contribution in [0.4, 0.5) is 10.2 Å². The molecule has 2 aromatic heterocycles. The van der Waals surface area contributed by atoms with Gasteiger partial charge in [-0.15, -0.1) is 0 Å². The molecule has 0 saturated heterocycles. The number of carbonyl (C=O) groups is 1. The van der Waals surface area contributed by atoms with E-state index < -0.39 is 0 Å². The Morgan fingerprint density at radius 1 is 1.13 bits per heavy atom. The number of fused-ring (bicyclic) bond motifs is 1. The van der Waals surface area contributed by atoms with Gasteiger partial charge in [-0.05, 0) is 67.4 Å². The Morgan fingerprint density at radius 2 is 1.97 bits per heavy atom. The third-order valence-corrected chi connectivity index (χ3v) is 6.80. The van der Waals surface area contributed by atoms with Crippen LogP contribution in [0.25, 0.3) is 22.1 Å². The van der Waals surface area contributed by atoms with Crippen molar-refractivity contribution in [2.24, 2.45) is 23.7 Å². The van der Waals surface area contributed by atoms with E-state index in [0.29, 0.717) is 23.5 Å². The zero-order valence-corrected chi connectivity index (χ0v) is 17.1. The quantitative estimate of drug-likeness (QED) is 0.602. The normalized spacial score (nSPS) is 25.9. The van der Waals surface area contributed by atoms with Gasteiger partial charge in [-0.3, -0.25) is 9.18 Å². The molecule has 3 aromatic rings. The first-order chi connectivity index (χ1) is 14.6. The number of aryl methyl sites for hydroxylation is 1. The number of alkyl halides is 1. The number of carbonyl (C=O) groups excluding carboxylic acids is 1. The van der Waals surface area contributed by atoms with Crippen LogP contribution in [0.3, 0.4) is 0 Å². The summed E-state index contributed by atoms with van der Waals surface area (Å²) in [4.78, 5) is 21.3. The summed E-state index contributed by atoms with van der Waals surface area (Å²) in [7, 11) is 0. The molecule has 0 radical (unpaired) electrons. The average Bonchev–Trinajstić information content (AvgIpc) is 3.44. The first-order valence-corrected chi connectivity index (χ1v) is 10.8. The van der Waals surface area contributed by atoms with E-state index in [-0.39, 0.29) is 24.4 Å². The van der Waals surface area contributed by atoms with Crippen molar-refractivity contribution in [2.45, 2.75) is 39.0 Å². The van der Waals surface area contributed by atoms with Crippen LogP contribution < -0.4 is 5.32 Å². The van der Waals surface area contributed by atoms with Crippen LogP contribution >= 0.6 is 0 Å². The summed E-state index contributed by atoms with van der Waals surface area (Å²) in [5.41, 5.74) is 0.941. The minimum absolute atomic E-state index is 0.0184. The Kier molecular flexibility index (Phi) is 5.01. The summed E-state index contributed by atoms with van der Waals surface area (Å²) < 4.78 is 18.4. The molecular formula is C24H26FN3O2. The minimum atomic E-state index is -0.184. The van der Waals surface area contributed by atoms with E-state index in [1.54, 1.807) is 12.4 Å². The Bertz CT molecular complexity index is 1070. The Hall–Kier alpha value is -2.76. The summed E-state index contributed by atoms with van der Waals surface area (Å²) >= 11 is 0. The van der Waals surface area contributed by atoms with Crippen LogP contribution in [0.15, 0.2) is 41.1 Å². The molecule has 5 rings (SSSR count). The molecule has 1 amide bonds. The zero-order valence-electron chi connectivity index (χ0n) is 17.1. The lowest BCUT2D eigenvalue weighted by atomic mass is 9.79.